The van der Waals surface area contributed by atoms with Gasteiger partial charge < -0.3 is 5.73 Å². The van der Waals surface area contributed by atoms with Crippen molar-refractivity contribution in [3.8, 4) is 0 Å². The van der Waals surface area contributed by atoms with Crippen molar-refractivity contribution in [3.05, 3.63) is 57.8 Å². The van der Waals surface area contributed by atoms with Crippen LogP contribution in [0.15, 0.2) is 42.5 Å². The van der Waals surface area contributed by atoms with Gasteiger partial charge in [0.05, 0.1) is 0 Å². The van der Waals surface area contributed by atoms with Crippen LogP contribution in [0, 0.1) is 0 Å². The van der Waals surface area contributed by atoms with E-state index in [2.05, 4.69) is 57.2 Å². The molecule has 0 spiro atoms. The second-order valence-electron chi connectivity index (χ2n) is 5.75. The molecule has 2 N–H and O–H groups in total. The van der Waals surface area contributed by atoms with Crippen molar-refractivity contribution in [1.29, 1.82) is 0 Å². The van der Waals surface area contributed by atoms with Crippen molar-refractivity contribution in [1.82, 2.24) is 0 Å². The van der Waals surface area contributed by atoms with Gasteiger partial charge in [-0.25, -0.2) is 0 Å². The van der Waals surface area contributed by atoms with E-state index in [1.165, 1.54) is 15.3 Å². The SMILES string of the molecule is CC(C)(C)c1ccc(C(N)Cc2ccccc2)s1. The van der Waals surface area contributed by atoms with Crippen LogP contribution in [0.5, 0.6) is 0 Å². The summed E-state index contributed by atoms with van der Waals surface area (Å²) in [5.41, 5.74) is 7.81. The molecule has 2 aromatic rings. The van der Waals surface area contributed by atoms with Crippen molar-refractivity contribution in [2.45, 2.75) is 38.6 Å². The van der Waals surface area contributed by atoms with Gasteiger partial charge in [-0.1, -0.05) is 51.1 Å². The average Bonchev–Trinajstić information content (AvgIpc) is 2.79. The van der Waals surface area contributed by atoms with E-state index in [9.17, 15) is 0 Å². The van der Waals surface area contributed by atoms with E-state index < -0.39 is 0 Å². The van der Waals surface area contributed by atoms with E-state index in [-0.39, 0.29) is 11.5 Å². The molecular weight excluding hydrogens is 238 g/mol. The summed E-state index contributed by atoms with van der Waals surface area (Å²) >= 11 is 1.84. The topological polar surface area (TPSA) is 26.0 Å². The molecule has 0 radical (unpaired) electrons. The maximum atomic E-state index is 6.29. The van der Waals surface area contributed by atoms with Gasteiger partial charge in [0.2, 0.25) is 0 Å². The Morgan fingerprint density at radius 3 is 2.28 bits per heavy atom. The van der Waals surface area contributed by atoms with Crippen molar-refractivity contribution in [3.63, 3.8) is 0 Å². The highest BCUT2D eigenvalue weighted by Crippen LogP contribution is 2.32. The zero-order chi connectivity index (χ0) is 13.2. The quantitative estimate of drug-likeness (QED) is 0.874. The van der Waals surface area contributed by atoms with Crippen LogP contribution in [0.1, 0.15) is 42.1 Å². The third-order valence-electron chi connectivity index (χ3n) is 3.03. The molecule has 2 rings (SSSR count). The number of rotatable bonds is 3. The number of nitrogens with two attached hydrogens (primary N) is 1. The van der Waals surface area contributed by atoms with E-state index in [0.29, 0.717) is 0 Å². The third-order valence-corrected chi connectivity index (χ3v) is 4.67. The monoisotopic (exact) mass is 259 g/mol. The smallest absolute Gasteiger partial charge is 0.0430 e. The van der Waals surface area contributed by atoms with E-state index in [1.807, 2.05) is 17.4 Å². The summed E-state index contributed by atoms with van der Waals surface area (Å²) in [6, 6.07) is 14.9. The van der Waals surface area contributed by atoms with Crippen LogP contribution in [0.3, 0.4) is 0 Å². The van der Waals surface area contributed by atoms with Crippen LogP contribution in [0.25, 0.3) is 0 Å². The number of hydrogen-bond donors (Lipinski definition) is 1. The van der Waals surface area contributed by atoms with Crippen LogP contribution < -0.4 is 5.73 Å². The van der Waals surface area contributed by atoms with Gasteiger partial charge in [0.25, 0.3) is 0 Å². The summed E-state index contributed by atoms with van der Waals surface area (Å²) in [4.78, 5) is 2.68. The van der Waals surface area contributed by atoms with Gasteiger partial charge in [0.15, 0.2) is 0 Å². The second kappa shape index (κ2) is 5.25. The summed E-state index contributed by atoms with van der Waals surface area (Å²) in [5, 5.41) is 0. The highest BCUT2D eigenvalue weighted by Gasteiger charge is 2.18. The van der Waals surface area contributed by atoms with E-state index >= 15 is 0 Å². The maximum absolute atomic E-state index is 6.29. The Bertz CT molecular complexity index is 493. The molecule has 1 aromatic carbocycles. The Kier molecular flexibility index (Phi) is 3.88. The van der Waals surface area contributed by atoms with Crippen LogP contribution in [-0.4, -0.2) is 0 Å². The van der Waals surface area contributed by atoms with Crippen molar-refractivity contribution in [2.24, 2.45) is 5.73 Å². The lowest BCUT2D eigenvalue weighted by Gasteiger charge is -2.16. The Hall–Kier alpha value is -1.12. The fourth-order valence-electron chi connectivity index (χ4n) is 1.92. The molecule has 18 heavy (non-hydrogen) atoms. The zero-order valence-electron chi connectivity index (χ0n) is 11.3. The van der Waals surface area contributed by atoms with Crippen LogP contribution in [0.2, 0.25) is 0 Å². The Morgan fingerprint density at radius 1 is 1.06 bits per heavy atom. The van der Waals surface area contributed by atoms with Gasteiger partial charge in [0, 0.05) is 15.8 Å². The van der Waals surface area contributed by atoms with Gasteiger partial charge in [0.1, 0.15) is 0 Å². The van der Waals surface area contributed by atoms with Crippen molar-refractivity contribution < 1.29 is 0 Å². The predicted octanol–water partition coefficient (Wildman–Crippen LogP) is 4.29. The standard InChI is InChI=1S/C16H21NS/c1-16(2,3)15-10-9-14(18-15)13(17)11-12-7-5-4-6-8-12/h4-10,13H,11,17H2,1-3H3. The van der Waals surface area contributed by atoms with Gasteiger partial charge in [-0.15, -0.1) is 11.3 Å². The number of hydrogen-bond acceptors (Lipinski definition) is 2. The minimum atomic E-state index is 0.105. The molecule has 96 valence electrons. The molecule has 1 aromatic heterocycles. The predicted molar refractivity (Wildman–Crippen MR) is 80.1 cm³/mol. The molecule has 1 heterocycles. The molecule has 0 saturated carbocycles. The Morgan fingerprint density at radius 2 is 1.72 bits per heavy atom. The van der Waals surface area contributed by atoms with Gasteiger partial charge in [-0.05, 0) is 29.5 Å². The normalized spacial score (nSPS) is 13.6. The highest BCUT2D eigenvalue weighted by molar-refractivity contribution is 7.12. The summed E-state index contributed by atoms with van der Waals surface area (Å²) in [6.45, 7) is 6.72. The Labute approximate surface area is 114 Å². The third kappa shape index (κ3) is 3.21. The maximum Gasteiger partial charge on any atom is 0.0430 e. The molecule has 0 amide bonds. The molecule has 0 aliphatic heterocycles. The first kappa shape index (κ1) is 13.3. The lowest BCUT2D eigenvalue weighted by atomic mass is 9.95. The number of thiophene rings is 1. The fraction of sp³-hybridized carbons (Fsp3) is 0.375. The summed E-state index contributed by atoms with van der Waals surface area (Å²) in [6.07, 6.45) is 0.908. The molecule has 2 heteroatoms. The van der Waals surface area contributed by atoms with Gasteiger partial charge in [-0.3, -0.25) is 0 Å². The minimum Gasteiger partial charge on any atom is -0.323 e. The van der Waals surface area contributed by atoms with Crippen LogP contribution in [-0.2, 0) is 11.8 Å². The first-order valence-corrected chi connectivity index (χ1v) is 7.18. The first-order chi connectivity index (χ1) is 8.47. The van der Waals surface area contributed by atoms with Gasteiger partial charge >= 0.3 is 0 Å². The molecule has 0 fully saturated rings. The molecule has 1 unspecified atom stereocenters. The largest absolute Gasteiger partial charge is 0.323 e. The van der Waals surface area contributed by atoms with E-state index in [0.717, 1.165) is 6.42 Å². The van der Waals surface area contributed by atoms with E-state index in [1.54, 1.807) is 0 Å². The van der Waals surface area contributed by atoms with Crippen molar-refractivity contribution in [2.75, 3.05) is 0 Å². The first-order valence-electron chi connectivity index (χ1n) is 6.36. The zero-order valence-corrected chi connectivity index (χ0v) is 12.1. The molecule has 1 nitrogen and oxygen atoms in total. The summed E-state index contributed by atoms with van der Waals surface area (Å²) in [5.74, 6) is 0. The van der Waals surface area contributed by atoms with E-state index in [4.69, 9.17) is 5.73 Å². The molecular formula is C16H21NS. The summed E-state index contributed by atoms with van der Waals surface area (Å²) < 4.78 is 0. The molecule has 1 atom stereocenters. The minimum absolute atomic E-state index is 0.105. The Balaban J connectivity index is 2.10. The van der Waals surface area contributed by atoms with Crippen LogP contribution >= 0.6 is 11.3 Å². The summed E-state index contributed by atoms with van der Waals surface area (Å²) in [7, 11) is 0. The molecule has 0 aliphatic rings. The van der Waals surface area contributed by atoms with Gasteiger partial charge in [-0.2, -0.15) is 0 Å². The molecule has 0 aliphatic carbocycles. The molecule has 0 bridgehead atoms. The lowest BCUT2D eigenvalue weighted by molar-refractivity contribution is 0.604. The van der Waals surface area contributed by atoms with Crippen LogP contribution in [0.4, 0.5) is 0 Å². The fourth-order valence-corrected chi connectivity index (χ4v) is 2.99. The van der Waals surface area contributed by atoms with Crippen molar-refractivity contribution >= 4 is 11.3 Å². The molecule has 0 saturated heterocycles. The second-order valence-corrected chi connectivity index (χ2v) is 6.86. The number of benzene rings is 1. The lowest BCUT2D eigenvalue weighted by Crippen LogP contribution is -2.12. The average molecular weight is 259 g/mol. The highest BCUT2D eigenvalue weighted by atomic mass is 32.1.